The molecule has 192 valence electrons. The molecule has 0 bridgehead atoms. The zero-order valence-electron chi connectivity index (χ0n) is 21.1. The molecule has 1 saturated carbocycles. The lowest BCUT2D eigenvalue weighted by Gasteiger charge is -2.32. The van der Waals surface area contributed by atoms with E-state index >= 15 is 0 Å². The zero-order valence-corrected chi connectivity index (χ0v) is 21.1. The van der Waals surface area contributed by atoms with Gasteiger partial charge in [-0.2, -0.15) is 0 Å². The Labute approximate surface area is 216 Å². The van der Waals surface area contributed by atoms with Gasteiger partial charge in [-0.25, -0.2) is 0 Å². The van der Waals surface area contributed by atoms with Crippen LogP contribution in [0.15, 0.2) is 77.5 Å². The number of ether oxygens (including phenoxy) is 1. The molecule has 5 rings (SSSR count). The highest BCUT2D eigenvalue weighted by atomic mass is 16.5. The second-order valence-corrected chi connectivity index (χ2v) is 9.63. The number of H-pyrrole nitrogens is 1. The van der Waals surface area contributed by atoms with Crippen LogP contribution in [0.4, 0.5) is 0 Å². The summed E-state index contributed by atoms with van der Waals surface area (Å²) in [5.74, 6) is 0.716. The van der Waals surface area contributed by atoms with Crippen LogP contribution in [0.5, 0.6) is 5.75 Å². The van der Waals surface area contributed by atoms with Crippen molar-refractivity contribution >= 4 is 22.7 Å². The van der Waals surface area contributed by atoms with E-state index in [2.05, 4.69) is 10.3 Å². The van der Waals surface area contributed by atoms with E-state index in [1.165, 1.54) is 6.42 Å². The number of para-hydroxylation sites is 2. The van der Waals surface area contributed by atoms with Gasteiger partial charge in [-0.05, 0) is 42.7 Å². The number of fused-ring (bicyclic) bond motifs is 1. The summed E-state index contributed by atoms with van der Waals surface area (Å²) < 4.78 is 11.3. The fourth-order valence-corrected chi connectivity index (χ4v) is 5.28. The molecule has 7 heteroatoms. The molecule has 2 aromatic carbocycles. The molecule has 0 unspecified atom stereocenters. The van der Waals surface area contributed by atoms with Gasteiger partial charge in [-0.1, -0.05) is 55.7 Å². The van der Waals surface area contributed by atoms with E-state index in [0.29, 0.717) is 11.5 Å². The molecule has 0 spiro atoms. The van der Waals surface area contributed by atoms with Crippen LogP contribution < -0.4 is 10.1 Å². The Morgan fingerprint density at radius 1 is 1.03 bits per heavy atom. The van der Waals surface area contributed by atoms with Gasteiger partial charge in [-0.3, -0.25) is 9.59 Å². The first-order chi connectivity index (χ1) is 18.1. The number of nitrogens with zero attached hydrogens (tertiary/aromatic N) is 1. The topological polar surface area (TPSA) is 87.6 Å². The number of furan rings is 1. The van der Waals surface area contributed by atoms with Gasteiger partial charge in [0.2, 0.25) is 5.91 Å². The van der Waals surface area contributed by atoms with Crippen LogP contribution in [-0.4, -0.2) is 34.8 Å². The Bertz CT molecular complexity index is 1340. The first kappa shape index (κ1) is 24.7. The molecule has 2 amide bonds. The summed E-state index contributed by atoms with van der Waals surface area (Å²) in [6.45, 7) is 0.203. The molecule has 2 heterocycles. The van der Waals surface area contributed by atoms with E-state index in [4.69, 9.17) is 9.15 Å². The van der Waals surface area contributed by atoms with Crippen LogP contribution in [0, 0.1) is 0 Å². The van der Waals surface area contributed by atoms with Gasteiger partial charge in [-0.15, -0.1) is 0 Å². The van der Waals surface area contributed by atoms with E-state index in [9.17, 15) is 9.59 Å². The molecule has 1 fully saturated rings. The van der Waals surface area contributed by atoms with E-state index < -0.39 is 6.04 Å². The largest absolute Gasteiger partial charge is 0.496 e. The van der Waals surface area contributed by atoms with Crippen molar-refractivity contribution in [3.8, 4) is 5.75 Å². The van der Waals surface area contributed by atoms with Crippen molar-refractivity contribution in [2.24, 2.45) is 0 Å². The van der Waals surface area contributed by atoms with Crippen molar-refractivity contribution < 1.29 is 18.7 Å². The summed E-state index contributed by atoms with van der Waals surface area (Å²) >= 11 is 0. The van der Waals surface area contributed by atoms with Crippen LogP contribution >= 0.6 is 0 Å². The number of aromatic nitrogens is 1. The van der Waals surface area contributed by atoms with Crippen LogP contribution in [-0.2, 0) is 22.6 Å². The van der Waals surface area contributed by atoms with Gasteiger partial charge >= 0.3 is 0 Å². The standard InChI is InChI=1S/C30H33N3O4/c1-36-26-15-8-5-10-21(26)20-33(28(34)18-22-19-31-25-14-7-6-13-24(22)25)29(27-16-9-17-37-27)30(35)32-23-11-3-2-4-12-23/h5-10,13-17,19,23,29,31H,2-4,11-12,18,20H2,1H3,(H,32,35)/t29-/m1/s1. The number of amides is 2. The Hall–Kier alpha value is -4.00. The number of nitrogens with one attached hydrogen (secondary N) is 2. The van der Waals surface area contributed by atoms with Crippen molar-refractivity contribution in [2.75, 3.05) is 7.11 Å². The number of hydrogen-bond acceptors (Lipinski definition) is 4. The summed E-state index contributed by atoms with van der Waals surface area (Å²) in [5, 5.41) is 4.21. The van der Waals surface area contributed by atoms with E-state index in [-0.39, 0.29) is 30.8 Å². The summed E-state index contributed by atoms with van der Waals surface area (Å²) in [5.41, 5.74) is 2.68. The molecule has 1 atom stereocenters. The lowest BCUT2D eigenvalue weighted by atomic mass is 9.95. The molecular weight excluding hydrogens is 466 g/mol. The van der Waals surface area contributed by atoms with E-state index in [1.54, 1.807) is 30.4 Å². The second kappa shape index (κ2) is 11.4. The number of carbonyl (C=O) groups is 2. The predicted octanol–water partition coefficient (Wildman–Crippen LogP) is 5.53. The fourth-order valence-electron chi connectivity index (χ4n) is 5.28. The number of carbonyl (C=O) groups excluding carboxylic acids is 2. The predicted molar refractivity (Wildman–Crippen MR) is 142 cm³/mol. The maximum Gasteiger partial charge on any atom is 0.250 e. The van der Waals surface area contributed by atoms with Gasteiger partial charge in [0.25, 0.3) is 5.91 Å². The minimum Gasteiger partial charge on any atom is -0.496 e. The van der Waals surface area contributed by atoms with Crippen LogP contribution in [0.25, 0.3) is 10.9 Å². The maximum absolute atomic E-state index is 14.0. The molecule has 2 aromatic heterocycles. The van der Waals surface area contributed by atoms with Crippen LogP contribution in [0.3, 0.4) is 0 Å². The highest BCUT2D eigenvalue weighted by Crippen LogP contribution is 2.30. The normalized spacial score (nSPS) is 14.8. The molecule has 1 aliphatic carbocycles. The molecule has 0 aliphatic heterocycles. The first-order valence-corrected chi connectivity index (χ1v) is 12.9. The summed E-state index contributed by atoms with van der Waals surface area (Å²) in [6.07, 6.45) is 8.85. The zero-order chi connectivity index (χ0) is 25.6. The Morgan fingerprint density at radius 2 is 1.81 bits per heavy atom. The first-order valence-electron chi connectivity index (χ1n) is 12.9. The Morgan fingerprint density at radius 3 is 2.59 bits per heavy atom. The van der Waals surface area contributed by atoms with Crippen LogP contribution in [0.1, 0.15) is 55.0 Å². The average molecular weight is 500 g/mol. The lowest BCUT2D eigenvalue weighted by molar-refractivity contribution is -0.142. The molecule has 1 aliphatic rings. The Balaban J connectivity index is 1.50. The van der Waals surface area contributed by atoms with Gasteiger partial charge in [0.05, 0.1) is 26.3 Å². The molecule has 37 heavy (non-hydrogen) atoms. The third-order valence-electron chi connectivity index (χ3n) is 7.19. The monoisotopic (exact) mass is 499 g/mol. The van der Waals surface area contributed by atoms with Crippen molar-refractivity contribution in [1.29, 1.82) is 0 Å². The molecule has 4 aromatic rings. The summed E-state index contributed by atoms with van der Waals surface area (Å²) in [6, 6.07) is 18.2. The molecule has 0 saturated heterocycles. The van der Waals surface area contributed by atoms with Crippen molar-refractivity contribution in [3.05, 3.63) is 90.0 Å². The van der Waals surface area contributed by atoms with Gasteiger partial charge < -0.3 is 24.4 Å². The quantitative estimate of drug-likeness (QED) is 0.317. The third-order valence-corrected chi connectivity index (χ3v) is 7.19. The van der Waals surface area contributed by atoms with Crippen molar-refractivity contribution in [2.45, 2.75) is 57.2 Å². The number of hydrogen-bond donors (Lipinski definition) is 2. The summed E-state index contributed by atoms with van der Waals surface area (Å²) in [4.78, 5) is 32.7. The smallest absolute Gasteiger partial charge is 0.250 e. The number of aromatic amines is 1. The van der Waals surface area contributed by atoms with E-state index in [0.717, 1.165) is 47.7 Å². The highest BCUT2D eigenvalue weighted by Gasteiger charge is 2.35. The van der Waals surface area contributed by atoms with Gasteiger partial charge in [0.15, 0.2) is 6.04 Å². The maximum atomic E-state index is 14.0. The fraction of sp³-hybridized carbons (Fsp3) is 0.333. The number of methoxy groups -OCH3 is 1. The Kier molecular flexibility index (Phi) is 7.59. The van der Waals surface area contributed by atoms with Gasteiger partial charge in [0.1, 0.15) is 11.5 Å². The molecule has 0 radical (unpaired) electrons. The SMILES string of the molecule is COc1ccccc1CN(C(=O)Cc1c[nH]c2ccccc12)[C@@H](C(=O)NC1CCCCC1)c1ccco1. The number of rotatable bonds is 9. The molecule has 7 nitrogen and oxygen atoms in total. The minimum atomic E-state index is -0.903. The summed E-state index contributed by atoms with van der Waals surface area (Å²) in [7, 11) is 1.61. The van der Waals surface area contributed by atoms with Crippen LogP contribution in [0.2, 0.25) is 0 Å². The van der Waals surface area contributed by atoms with Crippen molar-refractivity contribution in [3.63, 3.8) is 0 Å². The lowest BCUT2D eigenvalue weighted by Crippen LogP contribution is -2.47. The third kappa shape index (κ3) is 5.56. The molecule has 2 N–H and O–H groups in total. The van der Waals surface area contributed by atoms with Gasteiger partial charge in [0, 0.05) is 28.7 Å². The second-order valence-electron chi connectivity index (χ2n) is 9.63. The minimum absolute atomic E-state index is 0.107. The van der Waals surface area contributed by atoms with E-state index in [1.807, 2.05) is 54.7 Å². The molecular formula is C30H33N3O4. The van der Waals surface area contributed by atoms with Crippen molar-refractivity contribution in [1.82, 2.24) is 15.2 Å². The highest BCUT2D eigenvalue weighted by molar-refractivity contribution is 5.92. The average Bonchev–Trinajstić information content (AvgIpc) is 3.60. The number of benzene rings is 2.